The molecule has 0 aliphatic rings. The van der Waals surface area contributed by atoms with Crippen LogP contribution < -0.4 is 0 Å². The minimum atomic E-state index is -0.520. The van der Waals surface area contributed by atoms with Crippen LogP contribution in [-0.2, 0) is 4.74 Å². The Morgan fingerprint density at radius 3 is 2.44 bits per heavy atom. The molecule has 0 spiro atoms. The molecular formula is C19H25N3O4S. The van der Waals surface area contributed by atoms with Crippen LogP contribution in [0.2, 0.25) is 0 Å². The van der Waals surface area contributed by atoms with Crippen LogP contribution in [0.15, 0.2) is 17.5 Å². The zero-order valence-electron chi connectivity index (χ0n) is 16.3. The SMILES string of the molecule is COC(=O)c1[nH]c(C)c(C(=O)CN(CCN(C)C)C(=O)c2cccs2)c1C. The number of hydrogen-bond donors (Lipinski definition) is 1. The van der Waals surface area contributed by atoms with E-state index >= 15 is 0 Å². The van der Waals surface area contributed by atoms with E-state index in [1.54, 1.807) is 24.8 Å². The monoisotopic (exact) mass is 391 g/mol. The van der Waals surface area contributed by atoms with Gasteiger partial charge in [0.25, 0.3) is 5.91 Å². The summed E-state index contributed by atoms with van der Waals surface area (Å²) in [6.45, 7) is 4.46. The van der Waals surface area contributed by atoms with E-state index in [0.29, 0.717) is 34.8 Å². The third kappa shape index (κ3) is 4.84. The Balaban J connectivity index is 2.26. The Bertz CT molecular complexity index is 824. The van der Waals surface area contributed by atoms with Crippen LogP contribution in [0, 0.1) is 13.8 Å². The standard InChI is InChI=1S/C19H25N3O4S/c1-12-16(13(2)20-17(12)19(25)26-5)14(23)11-22(9-8-21(3)4)18(24)15-7-6-10-27-15/h6-7,10,20H,8-9,11H2,1-5H3. The molecule has 0 bridgehead atoms. The van der Waals surface area contributed by atoms with Gasteiger partial charge in [-0.15, -0.1) is 11.3 Å². The summed E-state index contributed by atoms with van der Waals surface area (Å²) in [7, 11) is 5.12. The van der Waals surface area contributed by atoms with E-state index in [2.05, 4.69) is 4.98 Å². The Morgan fingerprint density at radius 2 is 1.89 bits per heavy atom. The highest BCUT2D eigenvalue weighted by Crippen LogP contribution is 2.20. The molecule has 0 radical (unpaired) electrons. The highest BCUT2D eigenvalue weighted by Gasteiger charge is 2.26. The highest BCUT2D eigenvalue weighted by atomic mass is 32.1. The molecule has 2 aromatic heterocycles. The molecule has 146 valence electrons. The molecule has 0 fully saturated rings. The van der Waals surface area contributed by atoms with Crippen molar-refractivity contribution in [2.75, 3.05) is 40.8 Å². The molecule has 1 N–H and O–H groups in total. The van der Waals surface area contributed by atoms with Crippen molar-refractivity contribution in [1.82, 2.24) is 14.8 Å². The van der Waals surface area contributed by atoms with Gasteiger partial charge in [0.1, 0.15) is 5.69 Å². The Morgan fingerprint density at radius 1 is 1.19 bits per heavy atom. The third-order valence-electron chi connectivity index (χ3n) is 4.28. The van der Waals surface area contributed by atoms with Crippen molar-refractivity contribution >= 4 is 29.0 Å². The topological polar surface area (TPSA) is 82.7 Å². The summed E-state index contributed by atoms with van der Waals surface area (Å²) in [6, 6.07) is 3.56. The van der Waals surface area contributed by atoms with E-state index in [9.17, 15) is 14.4 Å². The number of carbonyl (C=O) groups is 3. The van der Waals surface area contributed by atoms with E-state index in [1.807, 2.05) is 30.4 Å². The van der Waals surface area contributed by atoms with Gasteiger partial charge in [-0.2, -0.15) is 0 Å². The molecule has 0 saturated carbocycles. The fourth-order valence-corrected chi connectivity index (χ4v) is 3.55. The lowest BCUT2D eigenvalue weighted by atomic mass is 10.1. The number of carbonyl (C=O) groups excluding carboxylic acids is 3. The van der Waals surface area contributed by atoms with E-state index in [1.165, 1.54) is 18.4 Å². The van der Waals surface area contributed by atoms with Crippen molar-refractivity contribution in [3.05, 3.63) is 44.9 Å². The molecule has 0 saturated heterocycles. The molecule has 8 heteroatoms. The molecule has 0 unspecified atom stereocenters. The largest absolute Gasteiger partial charge is 0.464 e. The van der Waals surface area contributed by atoms with Crippen molar-refractivity contribution in [1.29, 1.82) is 0 Å². The normalized spacial score (nSPS) is 10.9. The average molecular weight is 391 g/mol. The number of esters is 1. The molecule has 2 rings (SSSR count). The van der Waals surface area contributed by atoms with Crippen molar-refractivity contribution in [3.63, 3.8) is 0 Å². The molecule has 1 amide bonds. The Kier molecular flexibility index (Phi) is 6.92. The predicted molar refractivity (Wildman–Crippen MR) is 105 cm³/mol. The number of nitrogens with zero attached hydrogens (tertiary/aromatic N) is 2. The molecule has 0 aliphatic carbocycles. The maximum atomic E-state index is 13.0. The van der Waals surface area contributed by atoms with Gasteiger partial charge in [0.2, 0.25) is 0 Å². The smallest absolute Gasteiger partial charge is 0.354 e. The molecule has 0 atom stereocenters. The van der Waals surface area contributed by atoms with Gasteiger partial charge < -0.3 is 19.5 Å². The average Bonchev–Trinajstić information content (AvgIpc) is 3.25. The van der Waals surface area contributed by atoms with Crippen molar-refractivity contribution in [2.45, 2.75) is 13.8 Å². The van der Waals surface area contributed by atoms with Gasteiger partial charge in [-0.05, 0) is 45.0 Å². The molecule has 27 heavy (non-hydrogen) atoms. The van der Waals surface area contributed by atoms with Crippen LogP contribution in [0.3, 0.4) is 0 Å². The van der Waals surface area contributed by atoms with Crippen molar-refractivity contribution in [3.8, 4) is 0 Å². The van der Waals surface area contributed by atoms with Crippen LogP contribution in [0.4, 0.5) is 0 Å². The third-order valence-corrected chi connectivity index (χ3v) is 5.13. The predicted octanol–water partition coefficient (Wildman–Crippen LogP) is 2.37. The minimum Gasteiger partial charge on any atom is -0.464 e. The number of methoxy groups -OCH3 is 1. The van der Waals surface area contributed by atoms with Gasteiger partial charge in [-0.25, -0.2) is 4.79 Å². The lowest BCUT2D eigenvalue weighted by Gasteiger charge is -2.23. The van der Waals surface area contributed by atoms with E-state index < -0.39 is 5.97 Å². The summed E-state index contributed by atoms with van der Waals surface area (Å²) < 4.78 is 4.75. The first-order chi connectivity index (χ1) is 12.8. The van der Waals surface area contributed by atoms with Crippen LogP contribution in [0.25, 0.3) is 0 Å². The second kappa shape index (κ2) is 8.96. The summed E-state index contributed by atoms with van der Waals surface area (Å²) in [5.41, 5.74) is 1.83. The summed E-state index contributed by atoms with van der Waals surface area (Å²) in [4.78, 5) is 44.6. The van der Waals surface area contributed by atoms with Crippen LogP contribution >= 0.6 is 11.3 Å². The van der Waals surface area contributed by atoms with Gasteiger partial charge in [0.15, 0.2) is 5.78 Å². The van der Waals surface area contributed by atoms with Gasteiger partial charge in [0, 0.05) is 24.3 Å². The zero-order chi connectivity index (χ0) is 20.1. The van der Waals surface area contributed by atoms with Crippen LogP contribution in [0.5, 0.6) is 0 Å². The van der Waals surface area contributed by atoms with E-state index in [4.69, 9.17) is 4.74 Å². The number of likely N-dealkylation sites (N-methyl/N-ethyl adjacent to an activating group) is 1. The molecule has 2 aromatic rings. The number of aromatic nitrogens is 1. The van der Waals surface area contributed by atoms with E-state index in [-0.39, 0.29) is 23.9 Å². The van der Waals surface area contributed by atoms with Gasteiger partial charge in [0.05, 0.1) is 18.5 Å². The molecule has 0 aromatic carbocycles. The van der Waals surface area contributed by atoms with E-state index in [0.717, 1.165) is 0 Å². The lowest BCUT2D eigenvalue weighted by Crippen LogP contribution is -2.40. The molecule has 0 aliphatic heterocycles. The first kappa shape index (κ1) is 20.9. The second-order valence-electron chi connectivity index (χ2n) is 6.55. The van der Waals surface area contributed by atoms with Gasteiger partial charge in [-0.3, -0.25) is 9.59 Å². The zero-order valence-corrected chi connectivity index (χ0v) is 17.1. The number of rotatable bonds is 8. The molecule has 2 heterocycles. The van der Waals surface area contributed by atoms with Gasteiger partial charge >= 0.3 is 5.97 Å². The summed E-state index contributed by atoms with van der Waals surface area (Å²) in [6.07, 6.45) is 0. The number of aryl methyl sites for hydroxylation is 1. The molecule has 7 nitrogen and oxygen atoms in total. The fourth-order valence-electron chi connectivity index (χ4n) is 2.86. The number of nitrogens with one attached hydrogen (secondary N) is 1. The second-order valence-corrected chi connectivity index (χ2v) is 7.49. The Labute approximate surface area is 162 Å². The van der Waals surface area contributed by atoms with Crippen molar-refractivity contribution in [2.24, 2.45) is 0 Å². The van der Waals surface area contributed by atoms with Crippen LogP contribution in [0.1, 0.15) is 41.8 Å². The number of hydrogen-bond acceptors (Lipinski definition) is 6. The highest BCUT2D eigenvalue weighted by molar-refractivity contribution is 7.12. The number of H-pyrrole nitrogens is 1. The summed E-state index contributed by atoms with van der Waals surface area (Å²) in [5, 5.41) is 1.84. The lowest BCUT2D eigenvalue weighted by molar-refractivity contribution is 0.0593. The maximum absolute atomic E-state index is 13.0. The van der Waals surface area contributed by atoms with Crippen molar-refractivity contribution < 1.29 is 19.1 Å². The number of ketones is 1. The van der Waals surface area contributed by atoms with Crippen LogP contribution in [-0.4, -0.2) is 73.3 Å². The first-order valence-corrected chi connectivity index (χ1v) is 9.42. The quantitative estimate of drug-likeness (QED) is 0.552. The summed E-state index contributed by atoms with van der Waals surface area (Å²) in [5.74, 6) is -0.895. The maximum Gasteiger partial charge on any atom is 0.354 e. The number of aromatic amines is 1. The summed E-state index contributed by atoms with van der Waals surface area (Å²) >= 11 is 1.35. The number of ether oxygens (including phenoxy) is 1. The van der Waals surface area contributed by atoms with Gasteiger partial charge in [-0.1, -0.05) is 6.07 Å². The number of Topliss-reactive ketones (excluding diaryl/α,β-unsaturated/α-hetero) is 1. The fraction of sp³-hybridized carbons (Fsp3) is 0.421. The minimum absolute atomic E-state index is 0.0509. The first-order valence-electron chi connectivity index (χ1n) is 8.54. The number of thiophene rings is 1. The Hall–Kier alpha value is -2.45. The number of amides is 1. The molecular weight excluding hydrogens is 366 g/mol.